The third-order valence-corrected chi connectivity index (χ3v) is 6.33. The van der Waals surface area contributed by atoms with Crippen LogP contribution in [-0.4, -0.2) is 37.7 Å². The Morgan fingerprint density at radius 2 is 2.12 bits per heavy atom. The van der Waals surface area contributed by atoms with Crippen molar-refractivity contribution >= 4 is 39.9 Å². The number of nitrogens with zero attached hydrogens (tertiary/aromatic N) is 4. The van der Waals surface area contributed by atoms with Gasteiger partial charge in [0.25, 0.3) is 5.91 Å². The maximum atomic E-state index is 13.0. The standard InChI is InChI=1S/C23H21N7OS/c1-24-17-5-6-19-18(12-17)28-23(30(19)11-9-16-4-2-3-10-25-16)29-22(31)21-8-7-20(32-21)15-13-26-27-14-15/h2-8,10,12-14,24H,9,11H2,1H3,(H,26,27)(H,28,29,31). The van der Waals surface area contributed by atoms with E-state index in [-0.39, 0.29) is 5.91 Å². The molecule has 0 bridgehead atoms. The van der Waals surface area contributed by atoms with Gasteiger partial charge in [-0.25, -0.2) is 4.98 Å². The Bertz CT molecular complexity index is 1360. The zero-order valence-corrected chi connectivity index (χ0v) is 18.2. The topological polar surface area (TPSA) is 101 Å². The lowest BCUT2D eigenvalue weighted by molar-refractivity contribution is 0.102. The van der Waals surface area contributed by atoms with E-state index in [0.29, 0.717) is 17.4 Å². The number of aromatic nitrogens is 5. The second-order valence-corrected chi connectivity index (χ2v) is 8.30. The first-order valence-electron chi connectivity index (χ1n) is 10.2. The average molecular weight is 444 g/mol. The van der Waals surface area contributed by atoms with E-state index in [1.807, 2.05) is 66.3 Å². The summed E-state index contributed by atoms with van der Waals surface area (Å²) in [6.07, 6.45) is 6.07. The highest BCUT2D eigenvalue weighted by Gasteiger charge is 2.17. The number of carbonyl (C=O) groups is 1. The first kappa shape index (κ1) is 20.0. The van der Waals surface area contributed by atoms with Gasteiger partial charge in [-0.1, -0.05) is 6.07 Å². The molecule has 0 radical (unpaired) electrons. The molecule has 0 aliphatic heterocycles. The number of H-pyrrole nitrogens is 1. The smallest absolute Gasteiger partial charge is 0.268 e. The number of thiophene rings is 1. The Morgan fingerprint density at radius 3 is 2.91 bits per heavy atom. The Hall–Kier alpha value is -3.98. The van der Waals surface area contributed by atoms with E-state index in [4.69, 9.17) is 4.98 Å². The van der Waals surface area contributed by atoms with Gasteiger partial charge in [-0.05, 0) is 42.5 Å². The Morgan fingerprint density at radius 1 is 1.19 bits per heavy atom. The summed E-state index contributed by atoms with van der Waals surface area (Å²) in [5.74, 6) is 0.334. The van der Waals surface area contributed by atoms with Crippen molar-refractivity contribution in [3.05, 3.63) is 77.7 Å². The van der Waals surface area contributed by atoms with Gasteiger partial charge in [-0.15, -0.1) is 11.3 Å². The molecule has 3 N–H and O–H groups in total. The van der Waals surface area contributed by atoms with E-state index in [1.54, 1.807) is 12.4 Å². The van der Waals surface area contributed by atoms with Crippen LogP contribution in [0, 0.1) is 0 Å². The molecule has 0 saturated heterocycles. The van der Waals surface area contributed by atoms with Gasteiger partial charge in [0.15, 0.2) is 0 Å². The van der Waals surface area contributed by atoms with Crippen molar-refractivity contribution in [1.29, 1.82) is 0 Å². The van der Waals surface area contributed by atoms with Crippen molar-refractivity contribution in [1.82, 2.24) is 24.7 Å². The van der Waals surface area contributed by atoms with E-state index in [0.717, 1.165) is 39.3 Å². The fraction of sp³-hybridized carbons (Fsp3) is 0.130. The minimum atomic E-state index is -0.187. The molecule has 8 nitrogen and oxygen atoms in total. The van der Waals surface area contributed by atoms with Crippen molar-refractivity contribution in [2.75, 3.05) is 17.7 Å². The van der Waals surface area contributed by atoms with Crippen LogP contribution in [0.25, 0.3) is 21.5 Å². The van der Waals surface area contributed by atoms with Crippen LogP contribution in [0.5, 0.6) is 0 Å². The highest BCUT2D eigenvalue weighted by atomic mass is 32.1. The Balaban J connectivity index is 1.44. The molecule has 1 amide bonds. The van der Waals surface area contributed by atoms with Crippen molar-refractivity contribution in [2.24, 2.45) is 0 Å². The van der Waals surface area contributed by atoms with Gasteiger partial charge >= 0.3 is 0 Å². The van der Waals surface area contributed by atoms with Gasteiger partial charge in [0.1, 0.15) is 0 Å². The fourth-order valence-corrected chi connectivity index (χ4v) is 4.43. The molecule has 32 heavy (non-hydrogen) atoms. The molecule has 5 aromatic rings. The predicted octanol–water partition coefficient (Wildman–Crippen LogP) is 4.42. The molecule has 0 saturated carbocycles. The van der Waals surface area contributed by atoms with Crippen LogP contribution < -0.4 is 10.6 Å². The molecule has 160 valence electrons. The molecule has 4 aromatic heterocycles. The van der Waals surface area contributed by atoms with Crippen LogP contribution in [0.2, 0.25) is 0 Å². The quantitative estimate of drug-likeness (QED) is 0.346. The number of nitrogens with one attached hydrogen (secondary N) is 3. The van der Waals surface area contributed by atoms with Crippen LogP contribution in [0.3, 0.4) is 0 Å². The molecular weight excluding hydrogens is 422 g/mol. The molecule has 1 aromatic carbocycles. The molecule has 5 rings (SSSR count). The second-order valence-electron chi connectivity index (χ2n) is 7.22. The molecule has 4 heterocycles. The minimum Gasteiger partial charge on any atom is -0.388 e. The lowest BCUT2D eigenvalue weighted by atomic mass is 10.2. The van der Waals surface area contributed by atoms with Gasteiger partial charge in [0.05, 0.1) is 22.1 Å². The van der Waals surface area contributed by atoms with E-state index in [2.05, 4.69) is 25.8 Å². The maximum Gasteiger partial charge on any atom is 0.268 e. The lowest BCUT2D eigenvalue weighted by Gasteiger charge is -2.10. The zero-order valence-electron chi connectivity index (χ0n) is 17.4. The van der Waals surface area contributed by atoms with Crippen LogP contribution in [0.1, 0.15) is 15.4 Å². The number of aromatic amines is 1. The largest absolute Gasteiger partial charge is 0.388 e. The normalized spacial score (nSPS) is 11.0. The summed E-state index contributed by atoms with van der Waals surface area (Å²) in [5.41, 5.74) is 4.68. The van der Waals surface area contributed by atoms with E-state index in [9.17, 15) is 4.79 Å². The molecule has 0 atom stereocenters. The molecular formula is C23H21N7OS. The van der Waals surface area contributed by atoms with Crippen LogP contribution in [-0.2, 0) is 13.0 Å². The van der Waals surface area contributed by atoms with Gasteiger partial charge in [0, 0.05) is 54.2 Å². The molecule has 0 unspecified atom stereocenters. The summed E-state index contributed by atoms with van der Waals surface area (Å²) in [6.45, 7) is 0.646. The van der Waals surface area contributed by atoms with E-state index in [1.165, 1.54) is 11.3 Å². The van der Waals surface area contributed by atoms with Crippen molar-refractivity contribution in [2.45, 2.75) is 13.0 Å². The summed E-state index contributed by atoms with van der Waals surface area (Å²) in [4.78, 5) is 23.7. The molecule has 0 aliphatic carbocycles. The number of amides is 1. The number of benzene rings is 1. The Kier molecular flexibility index (Phi) is 5.39. The highest BCUT2D eigenvalue weighted by molar-refractivity contribution is 7.17. The number of rotatable bonds is 7. The first-order chi connectivity index (χ1) is 15.7. The highest BCUT2D eigenvalue weighted by Crippen LogP contribution is 2.29. The summed E-state index contributed by atoms with van der Waals surface area (Å²) in [5, 5.41) is 12.9. The van der Waals surface area contributed by atoms with Gasteiger partial charge in [0.2, 0.25) is 5.95 Å². The lowest BCUT2D eigenvalue weighted by Crippen LogP contribution is -2.15. The van der Waals surface area contributed by atoms with Crippen LogP contribution >= 0.6 is 11.3 Å². The first-order valence-corrected chi connectivity index (χ1v) is 11.0. The number of fused-ring (bicyclic) bond motifs is 1. The number of hydrogen-bond donors (Lipinski definition) is 3. The summed E-state index contributed by atoms with van der Waals surface area (Å²) >= 11 is 1.42. The Labute approximate surface area is 188 Å². The van der Waals surface area contributed by atoms with Crippen molar-refractivity contribution in [3.8, 4) is 10.4 Å². The summed E-state index contributed by atoms with van der Waals surface area (Å²) in [6, 6.07) is 15.6. The van der Waals surface area contributed by atoms with Crippen LogP contribution in [0.15, 0.2) is 67.1 Å². The minimum absolute atomic E-state index is 0.187. The maximum absolute atomic E-state index is 13.0. The number of aryl methyl sites for hydroxylation is 2. The van der Waals surface area contributed by atoms with Crippen molar-refractivity contribution in [3.63, 3.8) is 0 Å². The SMILES string of the molecule is CNc1ccc2c(c1)nc(NC(=O)c1ccc(-c3cn[nH]c3)s1)n2CCc1ccccn1. The molecule has 0 spiro atoms. The zero-order chi connectivity index (χ0) is 21.9. The number of carbonyl (C=O) groups excluding carboxylic acids is 1. The molecule has 9 heteroatoms. The van der Waals surface area contributed by atoms with Crippen LogP contribution in [0.4, 0.5) is 11.6 Å². The average Bonchev–Trinajstić information content (AvgIpc) is 3.57. The van der Waals surface area contributed by atoms with E-state index < -0.39 is 0 Å². The number of hydrogen-bond acceptors (Lipinski definition) is 6. The van der Waals surface area contributed by atoms with Gasteiger partial charge in [-0.3, -0.25) is 20.2 Å². The van der Waals surface area contributed by atoms with Gasteiger partial charge < -0.3 is 9.88 Å². The second kappa shape index (κ2) is 8.64. The third kappa shape index (κ3) is 3.97. The number of anilines is 2. The predicted molar refractivity (Wildman–Crippen MR) is 127 cm³/mol. The third-order valence-electron chi connectivity index (χ3n) is 5.19. The summed E-state index contributed by atoms with van der Waals surface area (Å²) < 4.78 is 2.03. The molecule has 0 fully saturated rings. The monoisotopic (exact) mass is 443 g/mol. The van der Waals surface area contributed by atoms with Crippen molar-refractivity contribution < 1.29 is 4.79 Å². The number of imidazole rings is 1. The summed E-state index contributed by atoms with van der Waals surface area (Å²) in [7, 11) is 1.87. The van der Waals surface area contributed by atoms with E-state index >= 15 is 0 Å². The van der Waals surface area contributed by atoms with Gasteiger partial charge in [-0.2, -0.15) is 5.10 Å². The molecule has 0 aliphatic rings. The fourth-order valence-electron chi connectivity index (χ4n) is 3.54. The number of pyridine rings is 1.